The topological polar surface area (TPSA) is 52.1 Å². The summed E-state index contributed by atoms with van der Waals surface area (Å²) in [5, 5.41) is 0.787. The Morgan fingerprint density at radius 1 is 1.35 bits per heavy atom. The van der Waals surface area contributed by atoms with E-state index in [1.807, 2.05) is 26.0 Å². The third kappa shape index (κ3) is 2.34. The minimum absolute atomic E-state index is 0.382. The van der Waals surface area contributed by atoms with Crippen molar-refractivity contribution in [2.45, 2.75) is 13.8 Å². The first-order valence-corrected chi connectivity index (χ1v) is 5.92. The van der Waals surface area contributed by atoms with Crippen molar-refractivity contribution >= 4 is 17.3 Å². The van der Waals surface area contributed by atoms with Crippen molar-refractivity contribution in [1.82, 2.24) is 9.97 Å². The Kier molecular flexibility index (Phi) is 3.19. The van der Waals surface area contributed by atoms with E-state index in [2.05, 4.69) is 14.7 Å². The average Bonchev–Trinajstić information content (AvgIpc) is 2.71. The van der Waals surface area contributed by atoms with Gasteiger partial charge in [-0.3, -0.25) is 4.98 Å². The lowest BCUT2D eigenvalue weighted by Crippen LogP contribution is -2.03. The number of hydrogen-bond acceptors (Lipinski definition) is 5. The Balaban J connectivity index is 2.41. The molecule has 5 heteroatoms. The quantitative estimate of drug-likeness (QED) is 0.766. The Hall–Kier alpha value is -1.75. The number of rotatable bonds is 2. The second-order valence-corrected chi connectivity index (χ2v) is 4.81. The monoisotopic (exact) mass is 248 g/mol. The molecule has 4 nitrogen and oxygen atoms in total. The first-order chi connectivity index (χ1) is 8.11. The summed E-state index contributed by atoms with van der Waals surface area (Å²) < 4.78 is 4.68. The van der Waals surface area contributed by atoms with Crippen LogP contribution in [-0.2, 0) is 4.74 Å². The Morgan fingerprint density at radius 3 is 2.71 bits per heavy atom. The molecule has 0 aliphatic rings. The molecule has 2 heterocycles. The molecule has 17 heavy (non-hydrogen) atoms. The van der Waals surface area contributed by atoms with Crippen molar-refractivity contribution < 1.29 is 9.53 Å². The number of aryl methyl sites for hydroxylation is 2. The predicted molar refractivity (Wildman–Crippen MR) is 66.2 cm³/mol. The standard InChI is InChI=1S/C12H12N2O2S/c1-7-4-5-9(6-13-7)11-14-10(8(2)17-11)12(15)16-3/h4-6H,1-3H3. The van der Waals surface area contributed by atoms with Gasteiger partial charge in [0.15, 0.2) is 5.69 Å². The zero-order valence-electron chi connectivity index (χ0n) is 9.85. The Labute approximate surface area is 103 Å². The number of thiazole rings is 1. The summed E-state index contributed by atoms with van der Waals surface area (Å²) in [5.74, 6) is -0.398. The zero-order chi connectivity index (χ0) is 12.4. The van der Waals surface area contributed by atoms with Gasteiger partial charge in [-0.2, -0.15) is 0 Å². The summed E-state index contributed by atoms with van der Waals surface area (Å²) in [6, 6.07) is 3.87. The van der Waals surface area contributed by atoms with Gasteiger partial charge in [0, 0.05) is 22.3 Å². The van der Waals surface area contributed by atoms with Gasteiger partial charge in [-0.25, -0.2) is 9.78 Å². The highest BCUT2D eigenvalue weighted by Gasteiger charge is 2.16. The first kappa shape index (κ1) is 11.7. The number of ether oxygens (including phenoxy) is 1. The summed E-state index contributed by atoms with van der Waals surface area (Å²) in [4.78, 5) is 20.8. The second-order valence-electron chi connectivity index (χ2n) is 3.60. The third-order valence-electron chi connectivity index (χ3n) is 2.33. The lowest BCUT2D eigenvalue weighted by atomic mass is 10.2. The van der Waals surface area contributed by atoms with Gasteiger partial charge >= 0.3 is 5.97 Å². The molecule has 0 unspecified atom stereocenters. The number of esters is 1. The molecule has 0 saturated heterocycles. The van der Waals surface area contributed by atoms with Gasteiger partial charge in [-0.15, -0.1) is 11.3 Å². The highest BCUT2D eigenvalue weighted by atomic mass is 32.1. The molecule has 2 aromatic heterocycles. The molecule has 0 fully saturated rings. The molecule has 2 rings (SSSR count). The fourth-order valence-electron chi connectivity index (χ4n) is 1.40. The predicted octanol–water partition coefficient (Wildman–Crippen LogP) is 2.61. The third-order valence-corrected chi connectivity index (χ3v) is 3.35. The number of aromatic nitrogens is 2. The molecule has 88 valence electrons. The lowest BCUT2D eigenvalue weighted by Gasteiger charge is -1.96. The van der Waals surface area contributed by atoms with Crippen LogP contribution in [0.5, 0.6) is 0 Å². The van der Waals surface area contributed by atoms with E-state index < -0.39 is 5.97 Å². The number of hydrogen-bond donors (Lipinski definition) is 0. The maximum Gasteiger partial charge on any atom is 0.357 e. The van der Waals surface area contributed by atoms with Gasteiger partial charge in [0.25, 0.3) is 0 Å². The van der Waals surface area contributed by atoms with E-state index in [-0.39, 0.29) is 0 Å². The number of carbonyl (C=O) groups is 1. The maximum absolute atomic E-state index is 11.4. The van der Waals surface area contributed by atoms with E-state index in [9.17, 15) is 4.79 Å². The number of carbonyl (C=O) groups excluding carboxylic acids is 1. The van der Waals surface area contributed by atoms with Crippen molar-refractivity contribution in [3.8, 4) is 10.6 Å². The molecule has 0 atom stereocenters. The first-order valence-electron chi connectivity index (χ1n) is 5.10. The second kappa shape index (κ2) is 4.63. The summed E-state index contributed by atoms with van der Waals surface area (Å²) >= 11 is 1.47. The Bertz CT molecular complexity index is 546. The van der Waals surface area contributed by atoms with Gasteiger partial charge in [0.2, 0.25) is 0 Å². The van der Waals surface area contributed by atoms with E-state index in [4.69, 9.17) is 0 Å². The van der Waals surface area contributed by atoms with Crippen molar-refractivity contribution in [3.05, 3.63) is 34.6 Å². The Morgan fingerprint density at radius 2 is 2.12 bits per heavy atom. The van der Waals surface area contributed by atoms with Crippen LogP contribution < -0.4 is 0 Å². The van der Waals surface area contributed by atoms with Crippen molar-refractivity contribution in [2.24, 2.45) is 0 Å². The van der Waals surface area contributed by atoms with Gasteiger partial charge < -0.3 is 4.74 Å². The number of nitrogens with zero attached hydrogens (tertiary/aromatic N) is 2. The SMILES string of the molecule is COC(=O)c1nc(-c2ccc(C)nc2)sc1C. The van der Waals surface area contributed by atoms with Crippen LogP contribution >= 0.6 is 11.3 Å². The molecule has 0 aliphatic heterocycles. The van der Waals surface area contributed by atoms with E-state index >= 15 is 0 Å². The van der Waals surface area contributed by atoms with E-state index in [0.717, 1.165) is 21.1 Å². The van der Waals surface area contributed by atoms with Crippen LogP contribution in [0.2, 0.25) is 0 Å². The molecular formula is C12H12N2O2S. The minimum atomic E-state index is -0.398. The van der Waals surface area contributed by atoms with Crippen molar-refractivity contribution in [2.75, 3.05) is 7.11 Å². The van der Waals surface area contributed by atoms with Crippen LogP contribution in [0.1, 0.15) is 21.1 Å². The van der Waals surface area contributed by atoms with E-state index in [1.165, 1.54) is 18.4 Å². The summed E-state index contributed by atoms with van der Waals surface area (Å²) in [6.45, 7) is 3.78. The van der Waals surface area contributed by atoms with Crippen LogP contribution in [0.25, 0.3) is 10.6 Å². The molecule has 0 radical (unpaired) electrons. The maximum atomic E-state index is 11.4. The molecule has 0 spiro atoms. The van der Waals surface area contributed by atoms with Crippen molar-refractivity contribution in [1.29, 1.82) is 0 Å². The molecule has 0 aromatic carbocycles. The summed E-state index contributed by atoms with van der Waals surface area (Å²) in [7, 11) is 1.36. The highest BCUT2D eigenvalue weighted by molar-refractivity contribution is 7.15. The fraction of sp³-hybridized carbons (Fsp3) is 0.250. The molecule has 0 N–H and O–H groups in total. The van der Waals surface area contributed by atoms with E-state index in [1.54, 1.807) is 6.20 Å². The van der Waals surface area contributed by atoms with E-state index in [0.29, 0.717) is 5.69 Å². The number of pyridine rings is 1. The lowest BCUT2D eigenvalue weighted by molar-refractivity contribution is 0.0594. The molecule has 0 aliphatic carbocycles. The van der Waals surface area contributed by atoms with Crippen LogP contribution in [0, 0.1) is 13.8 Å². The van der Waals surface area contributed by atoms with Crippen LogP contribution in [0.3, 0.4) is 0 Å². The van der Waals surface area contributed by atoms with Gasteiger partial charge in [-0.05, 0) is 26.0 Å². The molecule has 2 aromatic rings. The van der Waals surface area contributed by atoms with Gasteiger partial charge in [0.05, 0.1) is 7.11 Å². The highest BCUT2D eigenvalue weighted by Crippen LogP contribution is 2.27. The zero-order valence-corrected chi connectivity index (χ0v) is 10.7. The average molecular weight is 248 g/mol. The molecular weight excluding hydrogens is 236 g/mol. The molecule has 0 saturated carbocycles. The largest absolute Gasteiger partial charge is 0.464 e. The van der Waals surface area contributed by atoms with Crippen molar-refractivity contribution in [3.63, 3.8) is 0 Å². The fourth-order valence-corrected chi connectivity index (χ4v) is 2.29. The van der Waals surface area contributed by atoms with Crippen LogP contribution in [0.15, 0.2) is 18.3 Å². The van der Waals surface area contributed by atoms with Crippen LogP contribution in [0.4, 0.5) is 0 Å². The number of methoxy groups -OCH3 is 1. The minimum Gasteiger partial charge on any atom is -0.464 e. The normalized spacial score (nSPS) is 10.3. The van der Waals surface area contributed by atoms with Crippen LogP contribution in [-0.4, -0.2) is 23.0 Å². The molecule has 0 amide bonds. The van der Waals surface area contributed by atoms with Gasteiger partial charge in [-0.1, -0.05) is 0 Å². The summed E-state index contributed by atoms with van der Waals surface area (Å²) in [6.07, 6.45) is 1.76. The smallest absolute Gasteiger partial charge is 0.357 e. The summed E-state index contributed by atoms with van der Waals surface area (Å²) in [5.41, 5.74) is 2.25. The molecule has 0 bridgehead atoms. The van der Waals surface area contributed by atoms with Gasteiger partial charge in [0.1, 0.15) is 5.01 Å².